The van der Waals surface area contributed by atoms with E-state index in [-0.39, 0.29) is 49.1 Å². The van der Waals surface area contributed by atoms with Crippen LogP contribution in [0.5, 0.6) is 0 Å². The Morgan fingerprint density at radius 3 is 1.95 bits per heavy atom. The van der Waals surface area contributed by atoms with E-state index in [9.17, 15) is 10.2 Å². The predicted molar refractivity (Wildman–Crippen MR) is 171 cm³/mol. The SMILES string of the molecule is CCC1(CC)CC2CC(CC)(CC)C(O)C2C1O.Cc1[c-]c(-c2nccc3cc(C4CCCC4)ccc23)cc(C)c1.[Ir]. The number of nitrogens with zero attached hydrogens (tertiary/aromatic N) is 1. The number of aromatic nitrogens is 1. The maximum absolute atomic E-state index is 10.7. The molecule has 0 spiro atoms. The summed E-state index contributed by atoms with van der Waals surface area (Å²) in [4.78, 5) is 4.66. The summed E-state index contributed by atoms with van der Waals surface area (Å²) in [6.45, 7) is 13.0. The van der Waals surface area contributed by atoms with Gasteiger partial charge < -0.3 is 15.2 Å². The van der Waals surface area contributed by atoms with Crippen molar-refractivity contribution in [2.45, 2.75) is 124 Å². The van der Waals surface area contributed by atoms with Crippen LogP contribution >= 0.6 is 0 Å². The molecule has 3 fully saturated rings. The van der Waals surface area contributed by atoms with Crippen LogP contribution in [0.4, 0.5) is 0 Å². The number of benzene rings is 2. The minimum absolute atomic E-state index is 0. The molecule has 1 aromatic heterocycles. The molecule has 1 heterocycles. The molecule has 2 atom stereocenters. The summed E-state index contributed by atoms with van der Waals surface area (Å²) >= 11 is 0. The zero-order valence-electron chi connectivity index (χ0n) is 26.7. The van der Waals surface area contributed by atoms with Gasteiger partial charge in [0.05, 0.1) is 12.2 Å². The van der Waals surface area contributed by atoms with Gasteiger partial charge in [-0.3, -0.25) is 0 Å². The Morgan fingerprint density at radius 1 is 0.833 bits per heavy atom. The number of aryl methyl sites for hydroxylation is 2. The fraction of sp³-hybridized carbons (Fsp3) is 0.605. The van der Waals surface area contributed by atoms with Crippen molar-refractivity contribution in [1.82, 2.24) is 4.98 Å². The van der Waals surface area contributed by atoms with Crippen LogP contribution in [0.15, 0.2) is 42.6 Å². The average molecular weight is 747 g/mol. The van der Waals surface area contributed by atoms with Crippen LogP contribution in [0.3, 0.4) is 0 Å². The third kappa shape index (κ3) is 6.03. The molecule has 0 bridgehead atoms. The van der Waals surface area contributed by atoms with Gasteiger partial charge in [0.15, 0.2) is 0 Å². The third-order valence-corrected chi connectivity index (χ3v) is 11.7. The minimum Gasteiger partial charge on any atom is -0.392 e. The zero-order chi connectivity index (χ0) is 29.4. The van der Waals surface area contributed by atoms with E-state index in [1.54, 1.807) is 0 Å². The smallest absolute Gasteiger partial charge is 0.0651 e. The summed E-state index contributed by atoms with van der Waals surface area (Å²) in [5.41, 5.74) is 6.22. The number of fused-ring (bicyclic) bond motifs is 2. The van der Waals surface area contributed by atoms with Crippen molar-refractivity contribution >= 4 is 10.8 Å². The van der Waals surface area contributed by atoms with Crippen LogP contribution in [-0.2, 0) is 20.1 Å². The van der Waals surface area contributed by atoms with E-state index in [0.29, 0.717) is 5.92 Å². The quantitative estimate of drug-likeness (QED) is 0.248. The molecule has 2 aromatic carbocycles. The Bertz CT molecular complexity index is 1290. The normalized spacial score (nSPS) is 26.0. The van der Waals surface area contributed by atoms with Crippen molar-refractivity contribution in [3.05, 3.63) is 65.4 Å². The van der Waals surface area contributed by atoms with E-state index in [1.807, 2.05) is 6.20 Å². The van der Waals surface area contributed by atoms with Crippen LogP contribution in [0.1, 0.15) is 115 Å². The van der Waals surface area contributed by atoms with Crippen LogP contribution in [0.25, 0.3) is 22.0 Å². The van der Waals surface area contributed by atoms with E-state index in [4.69, 9.17) is 0 Å². The van der Waals surface area contributed by atoms with Gasteiger partial charge in [-0.05, 0) is 102 Å². The molecule has 3 nitrogen and oxygen atoms in total. The molecule has 3 aromatic rings. The number of aliphatic hydroxyl groups is 2. The molecule has 1 radical (unpaired) electrons. The molecule has 2 N–H and O–H groups in total. The first-order valence-corrected chi connectivity index (χ1v) is 16.5. The summed E-state index contributed by atoms with van der Waals surface area (Å²) in [6.07, 6.45) is 13.2. The summed E-state index contributed by atoms with van der Waals surface area (Å²) in [5, 5.41) is 24.0. The maximum atomic E-state index is 10.7. The molecule has 4 heteroatoms. The van der Waals surface area contributed by atoms with Crippen LogP contribution in [-0.4, -0.2) is 27.4 Å². The first-order chi connectivity index (χ1) is 19.7. The predicted octanol–water partition coefficient (Wildman–Crippen LogP) is 9.33. The van der Waals surface area contributed by atoms with Gasteiger partial charge in [-0.2, -0.15) is 0 Å². The van der Waals surface area contributed by atoms with E-state index >= 15 is 0 Å². The fourth-order valence-electron chi connectivity index (χ4n) is 9.00. The molecule has 3 aliphatic rings. The summed E-state index contributed by atoms with van der Waals surface area (Å²) in [5.74, 6) is 1.42. The molecule has 42 heavy (non-hydrogen) atoms. The zero-order valence-corrected chi connectivity index (χ0v) is 29.1. The monoisotopic (exact) mass is 747 g/mol. The average Bonchev–Trinajstić information content (AvgIpc) is 3.68. The molecule has 3 saturated carbocycles. The second kappa shape index (κ2) is 13.6. The number of pyridine rings is 1. The Hall–Kier alpha value is -1.58. The molecular formula is C38H52IrNO2-. The third-order valence-electron chi connectivity index (χ3n) is 11.7. The Kier molecular flexibility index (Phi) is 10.8. The molecule has 3 aliphatic carbocycles. The van der Waals surface area contributed by atoms with E-state index in [2.05, 4.69) is 89.0 Å². The number of rotatable bonds is 6. The van der Waals surface area contributed by atoms with Crippen molar-refractivity contribution in [2.24, 2.45) is 22.7 Å². The Balaban J connectivity index is 0.000000194. The number of aliphatic hydroxyl groups excluding tert-OH is 2. The first kappa shape index (κ1) is 33.3. The largest absolute Gasteiger partial charge is 0.392 e. The second-order valence-electron chi connectivity index (χ2n) is 13.7. The molecule has 2 unspecified atom stereocenters. The van der Waals surface area contributed by atoms with Gasteiger partial charge in [-0.1, -0.05) is 72.6 Å². The molecule has 0 saturated heterocycles. The van der Waals surface area contributed by atoms with Gasteiger partial charge in [-0.25, -0.2) is 0 Å². The van der Waals surface area contributed by atoms with Crippen LogP contribution in [0, 0.1) is 42.6 Å². The van der Waals surface area contributed by atoms with Gasteiger partial charge in [0.2, 0.25) is 0 Å². The minimum atomic E-state index is -0.299. The van der Waals surface area contributed by atoms with Crippen LogP contribution < -0.4 is 0 Å². The topological polar surface area (TPSA) is 53.4 Å². The van der Waals surface area contributed by atoms with Gasteiger partial charge in [0.1, 0.15) is 0 Å². The van der Waals surface area contributed by atoms with Gasteiger partial charge in [-0.15, -0.1) is 34.9 Å². The fourth-order valence-corrected chi connectivity index (χ4v) is 9.00. The second-order valence-corrected chi connectivity index (χ2v) is 13.7. The van der Waals surface area contributed by atoms with E-state index in [1.165, 1.54) is 53.1 Å². The van der Waals surface area contributed by atoms with Crippen molar-refractivity contribution in [1.29, 1.82) is 0 Å². The van der Waals surface area contributed by atoms with Crippen molar-refractivity contribution < 1.29 is 30.3 Å². The van der Waals surface area contributed by atoms with Crippen molar-refractivity contribution in [3.8, 4) is 11.3 Å². The Morgan fingerprint density at radius 2 is 1.43 bits per heavy atom. The van der Waals surface area contributed by atoms with E-state index in [0.717, 1.165) is 55.7 Å². The van der Waals surface area contributed by atoms with Crippen molar-refractivity contribution in [2.75, 3.05) is 0 Å². The van der Waals surface area contributed by atoms with E-state index < -0.39 is 0 Å². The van der Waals surface area contributed by atoms with Gasteiger partial charge >= 0.3 is 0 Å². The standard InChI is InChI=1S/C22H22N.C16H30O2.Ir/c1-15-11-16(2)13-20(12-15)22-21-8-7-18(17-5-3-4-6-17)14-19(21)9-10-23-22;1-5-15(6-2)9-11-10-16(7-3,8-4)14(18)12(11)13(15)17;/h7-12,14,17H,3-6H2,1-2H3;11-14,17-18H,5-10H2,1-4H3;/q-1;;. The van der Waals surface area contributed by atoms with Gasteiger partial charge in [0.25, 0.3) is 0 Å². The molecule has 231 valence electrons. The van der Waals surface area contributed by atoms with Crippen molar-refractivity contribution in [3.63, 3.8) is 0 Å². The maximum Gasteiger partial charge on any atom is 0.0651 e. The first-order valence-electron chi connectivity index (χ1n) is 16.5. The molecular weight excluding hydrogens is 695 g/mol. The number of hydrogen-bond donors (Lipinski definition) is 2. The van der Waals surface area contributed by atoms with Gasteiger partial charge in [0, 0.05) is 32.2 Å². The number of hydrogen-bond acceptors (Lipinski definition) is 3. The van der Waals surface area contributed by atoms with Crippen LogP contribution in [0.2, 0.25) is 0 Å². The summed E-state index contributed by atoms with van der Waals surface area (Å²) in [6, 6.07) is 16.9. The summed E-state index contributed by atoms with van der Waals surface area (Å²) < 4.78 is 0. The summed E-state index contributed by atoms with van der Waals surface area (Å²) in [7, 11) is 0. The Labute approximate surface area is 268 Å². The molecule has 0 amide bonds. The molecule has 0 aliphatic heterocycles. The molecule has 6 rings (SSSR count).